The molecule has 166 valence electrons. The number of fused-ring (bicyclic) bond motifs is 1. The second kappa shape index (κ2) is 9.06. The standard InChI is InChI=1S/C24H23ClN2O5/c1-31-22-12-16-8-9-26(14-15-6-7-21(28)20(10-15)27(29)30)24(19(16)13-23(22)32-2)17-4-3-5-18(25)11-17/h3-7,10-13,24,28H,8-9,14H2,1-2H3. The second-order valence-corrected chi connectivity index (χ2v) is 8.10. The van der Waals surface area contributed by atoms with Gasteiger partial charge in [0.1, 0.15) is 0 Å². The molecule has 1 unspecified atom stereocenters. The molecular weight excluding hydrogens is 432 g/mol. The molecule has 0 bridgehead atoms. The lowest BCUT2D eigenvalue weighted by Crippen LogP contribution is -2.35. The number of aromatic hydroxyl groups is 1. The van der Waals surface area contributed by atoms with Crippen LogP contribution in [-0.4, -0.2) is 35.7 Å². The quantitative estimate of drug-likeness (QED) is 0.411. The third kappa shape index (κ3) is 4.22. The van der Waals surface area contributed by atoms with Crippen LogP contribution in [0.2, 0.25) is 5.02 Å². The van der Waals surface area contributed by atoms with E-state index in [2.05, 4.69) is 4.90 Å². The molecule has 0 aliphatic carbocycles. The Morgan fingerprint density at radius 1 is 1.12 bits per heavy atom. The molecule has 0 fully saturated rings. The van der Waals surface area contributed by atoms with E-state index in [1.807, 2.05) is 36.4 Å². The predicted octanol–water partition coefficient (Wildman–Crippen LogP) is 5.12. The van der Waals surface area contributed by atoms with Gasteiger partial charge in [0.2, 0.25) is 0 Å². The maximum absolute atomic E-state index is 11.3. The van der Waals surface area contributed by atoms with Crippen LogP contribution in [0.25, 0.3) is 0 Å². The Morgan fingerprint density at radius 2 is 1.88 bits per heavy atom. The number of nitro groups is 1. The largest absolute Gasteiger partial charge is 0.502 e. The molecule has 1 N–H and O–H groups in total. The summed E-state index contributed by atoms with van der Waals surface area (Å²) in [5.41, 5.74) is 3.68. The number of hydrogen-bond donors (Lipinski definition) is 1. The van der Waals surface area contributed by atoms with E-state index in [0.717, 1.165) is 35.2 Å². The lowest BCUT2D eigenvalue weighted by atomic mass is 9.87. The molecule has 3 aromatic carbocycles. The molecule has 4 rings (SSSR count). The van der Waals surface area contributed by atoms with E-state index in [1.165, 1.54) is 12.1 Å². The zero-order valence-corrected chi connectivity index (χ0v) is 18.5. The van der Waals surface area contributed by atoms with Crippen LogP contribution in [0.1, 0.15) is 28.3 Å². The van der Waals surface area contributed by atoms with Crippen LogP contribution in [0.5, 0.6) is 17.2 Å². The van der Waals surface area contributed by atoms with Crippen LogP contribution in [0, 0.1) is 10.1 Å². The Kier molecular flexibility index (Phi) is 6.21. The summed E-state index contributed by atoms with van der Waals surface area (Å²) in [6, 6.07) is 16.1. The number of halogens is 1. The molecule has 0 radical (unpaired) electrons. The number of nitro benzene ring substituents is 1. The second-order valence-electron chi connectivity index (χ2n) is 7.66. The van der Waals surface area contributed by atoms with Gasteiger partial charge < -0.3 is 14.6 Å². The van der Waals surface area contributed by atoms with Crippen molar-refractivity contribution in [2.45, 2.75) is 19.0 Å². The van der Waals surface area contributed by atoms with Crippen molar-refractivity contribution >= 4 is 17.3 Å². The molecule has 7 nitrogen and oxygen atoms in total. The monoisotopic (exact) mass is 454 g/mol. The highest BCUT2D eigenvalue weighted by Gasteiger charge is 2.31. The number of phenols is 1. The topological polar surface area (TPSA) is 85.1 Å². The molecule has 1 heterocycles. The summed E-state index contributed by atoms with van der Waals surface area (Å²) >= 11 is 6.31. The van der Waals surface area contributed by atoms with Gasteiger partial charge in [-0.05, 0) is 59.0 Å². The fraction of sp³-hybridized carbons (Fsp3) is 0.250. The Labute approximate surface area is 190 Å². The van der Waals surface area contributed by atoms with Crippen LogP contribution in [0.15, 0.2) is 54.6 Å². The lowest BCUT2D eigenvalue weighted by Gasteiger charge is -2.38. The molecule has 32 heavy (non-hydrogen) atoms. The Bertz CT molecular complexity index is 1170. The highest BCUT2D eigenvalue weighted by Crippen LogP contribution is 2.42. The van der Waals surface area contributed by atoms with Crippen molar-refractivity contribution in [3.8, 4) is 17.2 Å². The third-order valence-electron chi connectivity index (χ3n) is 5.76. The first kappa shape index (κ1) is 21.9. The van der Waals surface area contributed by atoms with Crippen molar-refractivity contribution < 1.29 is 19.5 Å². The minimum Gasteiger partial charge on any atom is -0.502 e. The summed E-state index contributed by atoms with van der Waals surface area (Å²) in [6.07, 6.45) is 0.785. The normalized spacial score (nSPS) is 15.8. The average molecular weight is 455 g/mol. The number of hydrogen-bond acceptors (Lipinski definition) is 6. The van der Waals surface area contributed by atoms with Crippen molar-refractivity contribution in [1.29, 1.82) is 0 Å². The molecule has 0 saturated carbocycles. The molecule has 1 aliphatic heterocycles. The van der Waals surface area contributed by atoms with Crippen LogP contribution in [0.3, 0.4) is 0 Å². The number of ether oxygens (including phenoxy) is 2. The fourth-order valence-corrected chi connectivity index (χ4v) is 4.48. The third-order valence-corrected chi connectivity index (χ3v) is 6.00. The minimum absolute atomic E-state index is 0.134. The van der Waals surface area contributed by atoms with Crippen molar-refractivity contribution in [3.05, 3.63) is 92.0 Å². The SMILES string of the molecule is COc1cc2c(cc1OC)C(c1cccc(Cl)c1)N(Cc1ccc(O)c([N+](=O)[O-])c1)CC2. The maximum Gasteiger partial charge on any atom is 0.311 e. The van der Waals surface area contributed by atoms with Crippen LogP contribution in [0.4, 0.5) is 5.69 Å². The van der Waals surface area contributed by atoms with Gasteiger partial charge in [-0.25, -0.2) is 0 Å². The smallest absolute Gasteiger partial charge is 0.311 e. The highest BCUT2D eigenvalue weighted by atomic mass is 35.5. The van der Waals surface area contributed by atoms with E-state index in [4.69, 9.17) is 21.1 Å². The fourth-order valence-electron chi connectivity index (χ4n) is 4.28. The van der Waals surface area contributed by atoms with Crippen molar-refractivity contribution in [1.82, 2.24) is 4.90 Å². The van der Waals surface area contributed by atoms with Crippen molar-refractivity contribution in [2.24, 2.45) is 0 Å². The first-order valence-electron chi connectivity index (χ1n) is 10.1. The van der Waals surface area contributed by atoms with Gasteiger partial charge in [0.15, 0.2) is 17.2 Å². The molecule has 0 amide bonds. The van der Waals surface area contributed by atoms with Crippen molar-refractivity contribution in [3.63, 3.8) is 0 Å². The Balaban J connectivity index is 1.79. The van der Waals surface area contributed by atoms with Crippen LogP contribution in [-0.2, 0) is 13.0 Å². The van der Waals surface area contributed by atoms with E-state index in [1.54, 1.807) is 20.3 Å². The maximum atomic E-state index is 11.3. The summed E-state index contributed by atoms with van der Waals surface area (Å²) < 4.78 is 11.0. The van der Waals surface area contributed by atoms with Crippen LogP contribution < -0.4 is 9.47 Å². The van der Waals surface area contributed by atoms with E-state index in [-0.39, 0.29) is 17.5 Å². The van der Waals surface area contributed by atoms with Gasteiger partial charge in [0.25, 0.3) is 0 Å². The molecule has 0 saturated heterocycles. The molecule has 1 aliphatic rings. The van der Waals surface area contributed by atoms with Gasteiger partial charge in [-0.1, -0.05) is 29.8 Å². The zero-order valence-electron chi connectivity index (χ0n) is 17.7. The molecule has 3 aromatic rings. The summed E-state index contributed by atoms with van der Waals surface area (Å²) in [5, 5.41) is 21.7. The number of nitrogens with zero attached hydrogens (tertiary/aromatic N) is 2. The first-order chi connectivity index (χ1) is 15.4. The summed E-state index contributed by atoms with van der Waals surface area (Å²) in [6.45, 7) is 1.19. The summed E-state index contributed by atoms with van der Waals surface area (Å²) in [4.78, 5) is 12.9. The predicted molar refractivity (Wildman–Crippen MR) is 122 cm³/mol. The number of benzene rings is 3. The van der Waals surface area contributed by atoms with E-state index in [9.17, 15) is 15.2 Å². The average Bonchev–Trinajstić information content (AvgIpc) is 2.79. The molecule has 8 heteroatoms. The molecule has 1 atom stereocenters. The Morgan fingerprint density at radius 3 is 2.56 bits per heavy atom. The molecule has 0 aromatic heterocycles. The van der Waals surface area contributed by atoms with Gasteiger partial charge in [0, 0.05) is 24.2 Å². The van der Waals surface area contributed by atoms with E-state index >= 15 is 0 Å². The summed E-state index contributed by atoms with van der Waals surface area (Å²) in [7, 11) is 3.22. The van der Waals surface area contributed by atoms with Gasteiger partial charge in [0.05, 0.1) is 25.2 Å². The zero-order chi connectivity index (χ0) is 22.8. The first-order valence-corrected chi connectivity index (χ1v) is 10.5. The Hall–Kier alpha value is -3.29. The van der Waals surface area contributed by atoms with Gasteiger partial charge in [-0.2, -0.15) is 0 Å². The molecule has 0 spiro atoms. The lowest BCUT2D eigenvalue weighted by molar-refractivity contribution is -0.385. The minimum atomic E-state index is -0.573. The summed E-state index contributed by atoms with van der Waals surface area (Å²) in [5.74, 6) is 0.977. The van der Waals surface area contributed by atoms with E-state index in [0.29, 0.717) is 23.1 Å². The van der Waals surface area contributed by atoms with Gasteiger partial charge in [-0.15, -0.1) is 0 Å². The van der Waals surface area contributed by atoms with E-state index < -0.39 is 4.92 Å². The number of rotatable bonds is 6. The van der Waals surface area contributed by atoms with Crippen LogP contribution >= 0.6 is 11.6 Å². The molecular formula is C24H23ClN2O5. The van der Waals surface area contributed by atoms with Crippen molar-refractivity contribution in [2.75, 3.05) is 20.8 Å². The van der Waals surface area contributed by atoms with Gasteiger partial charge in [-0.3, -0.25) is 15.0 Å². The number of phenolic OH excluding ortho intramolecular Hbond substituents is 1. The highest BCUT2D eigenvalue weighted by molar-refractivity contribution is 6.30. The van der Waals surface area contributed by atoms with Gasteiger partial charge >= 0.3 is 5.69 Å². The number of methoxy groups -OCH3 is 2.